The Bertz CT molecular complexity index is 614. The standard InChI is InChI=1S/C15H17N3O3/c1-20-12-5-3-4-11(8-12)18-14(15(16)19)10-6-7-13(21-2)17-9-10/h3-9,14,18H,1-2H3,(H2,16,19). The molecule has 1 aromatic heterocycles. The van der Waals surface area contributed by atoms with Crippen LogP contribution < -0.4 is 20.5 Å². The van der Waals surface area contributed by atoms with Crippen LogP contribution >= 0.6 is 0 Å². The zero-order valence-electron chi connectivity index (χ0n) is 11.9. The van der Waals surface area contributed by atoms with Crippen LogP contribution in [-0.2, 0) is 4.79 Å². The number of rotatable bonds is 6. The highest BCUT2D eigenvalue weighted by Crippen LogP contribution is 2.23. The van der Waals surface area contributed by atoms with Crippen LogP contribution in [0.1, 0.15) is 11.6 Å². The van der Waals surface area contributed by atoms with Crippen molar-refractivity contribution in [3.63, 3.8) is 0 Å². The number of nitrogens with one attached hydrogen (secondary N) is 1. The number of hydrogen-bond acceptors (Lipinski definition) is 5. The zero-order chi connectivity index (χ0) is 15.2. The summed E-state index contributed by atoms with van der Waals surface area (Å²) in [5.41, 5.74) is 6.85. The number of methoxy groups -OCH3 is 2. The average Bonchev–Trinajstić information content (AvgIpc) is 2.52. The van der Waals surface area contributed by atoms with Gasteiger partial charge in [0.2, 0.25) is 11.8 Å². The van der Waals surface area contributed by atoms with Gasteiger partial charge in [-0.3, -0.25) is 4.79 Å². The Morgan fingerprint density at radius 2 is 2.05 bits per heavy atom. The Labute approximate surface area is 122 Å². The summed E-state index contributed by atoms with van der Waals surface area (Å²) in [7, 11) is 3.11. The van der Waals surface area contributed by atoms with Crippen molar-refractivity contribution in [2.75, 3.05) is 19.5 Å². The van der Waals surface area contributed by atoms with E-state index in [1.807, 2.05) is 18.2 Å². The van der Waals surface area contributed by atoms with Crippen LogP contribution in [0.2, 0.25) is 0 Å². The Balaban J connectivity index is 2.23. The van der Waals surface area contributed by atoms with Gasteiger partial charge in [0, 0.05) is 29.6 Å². The van der Waals surface area contributed by atoms with E-state index >= 15 is 0 Å². The third-order valence-electron chi connectivity index (χ3n) is 2.97. The maximum atomic E-state index is 11.7. The number of carbonyl (C=O) groups is 1. The molecule has 21 heavy (non-hydrogen) atoms. The molecule has 0 aliphatic heterocycles. The van der Waals surface area contributed by atoms with Gasteiger partial charge in [0.1, 0.15) is 11.8 Å². The molecule has 1 amide bonds. The second-order valence-corrected chi connectivity index (χ2v) is 4.35. The quantitative estimate of drug-likeness (QED) is 0.845. The lowest BCUT2D eigenvalue weighted by Gasteiger charge is -2.17. The summed E-state index contributed by atoms with van der Waals surface area (Å²) >= 11 is 0. The average molecular weight is 287 g/mol. The monoisotopic (exact) mass is 287 g/mol. The molecule has 2 aromatic rings. The third kappa shape index (κ3) is 3.62. The molecule has 0 saturated carbocycles. The van der Waals surface area contributed by atoms with Crippen molar-refractivity contribution in [1.29, 1.82) is 0 Å². The van der Waals surface area contributed by atoms with Crippen LogP contribution in [0, 0.1) is 0 Å². The second kappa shape index (κ2) is 6.60. The highest BCUT2D eigenvalue weighted by molar-refractivity contribution is 5.84. The van der Waals surface area contributed by atoms with Crippen LogP contribution in [0.5, 0.6) is 11.6 Å². The van der Waals surface area contributed by atoms with Gasteiger partial charge in [0.15, 0.2) is 0 Å². The SMILES string of the molecule is COc1cccc(NC(C(N)=O)c2ccc(OC)nc2)c1. The normalized spacial score (nSPS) is 11.5. The number of pyridine rings is 1. The van der Waals surface area contributed by atoms with Crippen LogP contribution in [0.15, 0.2) is 42.6 Å². The zero-order valence-corrected chi connectivity index (χ0v) is 11.9. The van der Waals surface area contributed by atoms with E-state index in [2.05, 4.69) is 10.3 Å². The van der Waals surface area contributed by atoms with Crippen molar-refractivity contribution in [2.45, 2.75) is 6.04 Å². The molecule has 0 saturated heterocycles. The minimum Gasteiger partial charge on any atom is -0.497 e. The molecule has 2 rings (SSSR count). The number of ether oxygens (including phenoxy) is 2. The largest absolute Gasteiger partial charge is 0.497 e. The number of hydrogen-bond donors (Lipinski definition) is 2. The summed E-state index contributed by atoms with van der Waals surface area (Å²) < 4.78 is 10.1. The smallest absolute Gasteiger partial charge is 0.244 e. The first-order chi connectivity index (χ1) is 10.1. The maximum Gasteiger partial charge on any atom is 0.244 e. The molecule has 1 heterocycles. The first kappa shape index (κ1) is 14.6. The van der Waals surface area contributed by atoms with Crippen molar-refractivity contribution >= 4 is 11.6 Å². The second-order valence-electron chi connectivity index (χ2n) is 4.35. The summed E-state index contributed by atoms with van der Waals surface area (Å²) in [6.07, 6.45) is 1.56. The molecule has 6 nitrogen and oxygen atoms in total. The molecule has 0 fully saturated rings. The van der Waals surface area contributed by atoms with Crippen LogP contribution in [0.3, 0.4) is 0 Å². The molecule has 1 unspecified atom stereocenters. The summed E-state index contributed by atoms with van der Waals surface area (Å²) in [4.78, 5) is 15.8. The minimum atomic E-state index is -0.685. The van der Waals surface area contributed by atoms with E-state index < -0.39 is 11.9 Å². The molecular weight excluding hydrogens is 270 g/mol. The first-order valence-electron chi connectivity index (χ1n) is 6.34. The van der Waals surface area contributed by atoms with E-state index in [0.29, 0.717) is 17.2 Å². The van der Waals surface area contributed by atoms with E-state index in [1.54, 1.807) is 31.5 Å². The van der Waals surface area contributed by atoms with Crippen LogP contribution in [0.25, 0.3) is 0 Å². The van der Waals surface area contributed by atoms with Gasteiger partial charge >= 0.3 is 0 Å². The van der Waals surface area contributed by atoms with Gasteiger partial charge in [-0.1, -0.05) is 6.07 Å². The fourth-order valence-corrected chi connectivity index (χ4v) is 1.88. The molecule has 1 atom stereocenters. The molecule has 110 valence electrons. The Morgan fingerprint density at radius 3 is 2.62 bits per heavy atom. The Hall–Kier alpha value is -2.76. The van der Waals surface area contributed by atoms with E-state index in [4.69, 9.17) is 15.2 Å². The number of primary amides is 1. The molecule has 0 radical (unpaired) electrons. The summed E-state index contributed by atoms with van der Waals surface area (Å²) in [6.45, 7) is 0. The first-order valence-corrected chi connectivity index (χ1v) is 6.34. The fourth-order valence-electron chi connectivity index (χ4n) is 1.88. The molecular formula is C15H17N3O3. The lowest BCUT2D eigenvalue weighted by molar-refractivity contribution is -0.118. The topological polar surface area (TPSA) is 86.5 Å². The summed E-state index contributed by atoms with van der Waals surface area (Å²) in [6, 6.07) is 10.00. The lowest BCUT2D eigenvalue weighted by Crippen LogP contribution is -2.27. The van der Waals surface area contributed by atoms with E-state index in [0.717, 1.165) is 5.69 Å². The van der Waals surface area contributed by atoms with E-state index in [1.165, 1.54) is 7.11 Å². The van der Waals surface area contributed by atoms with Crippen molar-refractivity contribution in [2.24, 2.45) is 5.73 Å². The van der Waals surface area contributed by atoms with Gasteiger partial charge in [0.25, 0.3) is 0 Å². The van der Waals surface area contributed by atoms with Crippen molar-refractivity contribution in [3.8, 4) is 11.6 Å². The van der Waals surface area contributed by atoms with Gasteiger partial charge in [-0.2, -0.15) is 0 Å². The molecule has 0 spiro atoms. The number of carbonyl (C=O) groups excluding carboxylic acids is 1. The number of amides is 1. The maximum absolute atomic E-state index is 11.7. The highest BCUT2D eigenvalue weighted by atomic mass is 16.5. The third-order valence-corrected chi connectivity index (χ3v) is 2.97. The van der Waals surface area contributed by atoms with Gasteiger partial charge in [-0.25, -0.2) is 4.98 Å². The van der Waals surface area contributed by atoms with Crippen LogP contribution in [-0.4, -0.2) is 25.1 Å². The number of nitrogens with zero attached hydrogens (tertiary/aromatic N) is 1. The molecule has 0 bridgehead atoms. The lowest BCUT2D eigenvalue weighted by atomic mass is 10.1. The molecule has 1 aromatic carbocycles. The molecule has 0 aliphatic carbocycles. The highest BCUT2D eigenvalue weighted by Gasteiger charge is 2.18. The number of nitrogens with two attached hydrogens (primary N) is 1. The number of benzene rings is 1. The Kier molecular flexibility index (Phi) is 4.61. The van der Waals surface area contributed by atoms with Crippen molar-refractivity contribution < 1.29 is 14.3 Å². The minimum absolute atomic E-state index is 0.475. The fraction of sp³-hybridized carbons (Fsp3) is 0.200. The van der Waals surface area contributed by atoms with Crippen molar-refractivity contribution in [1.82, 2.24) is 4.98 Å². The van der Waals surface area contributed by atoms with E-state index in [9.17, 15) is 4.79 Å². The predicted octanol–water partition coefficient (Wildman–Crippen LogP) is 1.74. The summed E-state index contributed by atoms with van der Waals surface area (Å²) in [5.74, 6) is 0.671. The predicted molar refractivity (Wildman–Crippen MR) is 79.3 cm³/mol. The molecule has 3 N–H and O–H groups in total. The molecule has 0 aliphatic rings. The Morgan fingerprint density at radius 1 is 1.24 bits per heavy atom. The van der Waals surface area contributed by atoms with Gasteiger partial charge in [-0.15, -0.1) is 0 Å². The van der Waals surface area contributed by atoms with Gasteiger partial charge in [-0.05, 0) is 18.2 Å². The number of anilines is 1. The van der Waals surface area contributed by atoms with Crippen LogP contribution in [0.4, 0.5) is 5.69 Å². The van der Waals surface area contributed by atoms with Gasteiger partial charge in [0.05, 0.1) is 14.2 Å². The van der Waals surface area contributed by atoms with Gasteiger partial charge < -0.3 is 20.5 Å². The summed E-state index contributed by atoms with van der Waals surface area (Å²) in [5, 5.41) is 3.07. The van der Waals surface area contributed by atoms with Crippen molar-refractivity contribution in [3.05, 3.63) is 48.2 Å². The molecule has 6 heteroatoms. The number of aromatic nitrogens is 1. The van der Waals surface area contributed by atoms with E-state index in [-0.39, 0.29) is 0 Å².